The molecule has 0 spiro atoms. The molecule has 0 aliphatic carbocycles. The predicted molar refractivity (Wildman–Crippen MR) is 77.7 cm³/mol. The van der Waals surface area contributed by atoms with Crippen molar-refractivity contribution in [2.75, 3.05) is 18.9 Å². The first-order chi connectivity index (χ1) is 9.24. The third kappa shape index (κ3) is 2.49. The highest BCUT2D eigenvalue weighted by atomic mass is 15.3. The van der Waals surface area contributed by atoms with Gasteiger partial charge in [-0.05, 0) is 38.6 Å². The zero-order valence-corrected chi connectivity index (χ0v) is 11.5. The van der Waals surface area contributed by atoms with Gasteiger partial charge >= 0.3 is 0 Å². The molecule has 1 fully saturated rings. The van der Waals surface area contributed by atoms with E-state index in [9.17, 15) is 0 Å². The Labute approximate surface area is 114 Å². The van der Waals surface area contributed by atoms with Crippen LogP contribution in [0.4, 0.5) is 5.69 Å². The first kappa shape index (κ1) is 12.2. The molecule has 2 unspecified atom stereocenters. The van der Waals surface area contributed by atoms with Crippen molar-refractivity contribution in [3.05, 3.63) is 42.7 Å². The van der Waals surface area contributed by atoms with E-state index in [0.29, 0.717) is 12.1 Å². The molecule has 4 nitrogen and oxygen atoms in total. The Morgan fingerprint density at radius 2 is 2.11 bits per heavy atom. The minimum Gasteiger partial charge on any atom is -0.379 e. The number of rotatable bonds is 3. The summed E-state index contributed by atoms with van der Waals surface area (Å²) in [6.07, 6.45) is 4.97. The molecule has 1 aromatic heterocycles. The fourth-order valence-corrected chi connectivity index (χ4v) is 2.73. The number of anilines is 1. The van der Waals surface area contributed by atoms with E-state index in [-0.39, 0.29) is 0 Å². The predicted octanol–water partition coefficient (Wildman–Crippen LogP) is 2.38. The molecule has 0 saturated carbocycles. The summed E-state index contributed by atoms with van der Waals surface area (Å²) in [4.78, 5) is 2.40. The lowest BCUT2D eigenvalue weighted by atomic mass is 10.1. The number of likely N-dealkylation sites (N-methyl/N-ethyl adjacent to an activating group) is 1. The van der Waals surface area contributed by atoms with Crippen LogP contribution in [0.5, 0.6) is 0 Å². The van der Waals surface area contributed by atoms with Crippen LogP contribution in [0.25, 0.3) is 5.69 Å². The van der Waals surface area contributed by atoms with Crippen molar-refractivity contribution in [1.29, 1.82) is 0 Å². The summed E-state index contributed by atoms with van der Waals surface area (Å²) in [5, 5.41) is 7.97. The minimum absolute atomic E-state index is 0.511. The van der Waals surface area contributed by atoms with Gasteiger partial charge in [0.1, 0.15) is 0 Å². The van der Waals surface area contributed by atoms with Gasteiger partial charge in [-0.25, -0.2) is 4.68 Å². The topological polar surface area (TPSA) is 33.1 Å². The van der Waals surface area contributed by atoms with E-state index in [1.807, 2.05) is 29.2 Å². The molecule has 0 amide bonds. The first-order valence-corrected chi connectivity index (χ1v) is 6.80. The lowest BCUT2D eigenvalue weighted by molar-refractivity contribution is 0.330. The quantitative estimate of drug-likeness (QED) is 0.915. The largest absolute Gasteiger partial charge is 0.379 e. The van der Waals surface area contributed by atoms with E-state index < -0.39 is 0 Å². The van der Waals surface area contributed by atoms with Crippen LogP contribution in [-0.2, 0) is 0 Å². The zero-order valence-electron chi connectivity index (χ0n) is 11.5. The number of likely N-dealkylation sites (tertiary alicyclic amines) is 1. The van der Waals surface area contributed by atoms with Crippen molar-refractivity contribution in [2.45, 2.75) is 25.4 Å². The summed E-state index contributed by atoms with van der Waals surface area (Å²) in [7, 11) is 2.19. The Kier molecular flexibility index (Phi) is 3.25. The molecule has 2 aromatic rings. The molecule has 1 aliphatic rings. The summed E-state index contributed by atoms with van der Waals surface area (Å²) in [6.45, 7) is 3.37. The second kappa shape index (κ2) is 5.05. The van der Waals surface area contributed by atoms with E-state index in [0.717, 1.165) is 17.9 Å². The second-order valence-electron chi connectivity index (χ2n) is 5.33. The van der Waals surface area contributed by atoms with Gasteiger partial charge in [0.2, 0.25) is 0 Å². The molecule has 1 aromatic carbocycles. The number of hydrogen-bond donors (Lipinski definition) is 1. The molecule has 100 valence electrons. The van der Waals surface area contributed by atoms with E-state index in [1.165, 1.54) is 6.42 Å². The van der Waals surface area contributed by atoms with Crippen molar-refractivity contribution in [1.82, 2.24) is 14.7 Å². The molecule has 3 rings (SSSR count). The number of nitrogens with zero attached hydrogens (tertiary/aromatic N) is 3. The lowest BCUT2D eigenvalue weighted by Crippen LogP contribution is -2.25. The number of benzene rings is 1. The molecule has 4 heteroatoms. The summed E-state index contributed by atoms with van der Waals surface area (Å²) in [5.41, 5.74) is 2.26. The second-order valence-corrected chi connectivity index (χ2v) is 5.33. The van der Waals surface area contributed by atoms with Crippen molar-refractivity contribution >= 4 is 5.69 Å². The maximum Gasteiger partial charge on any atom is 0.0876 e. The van der Waals surface area contributed by atoms with Gasteiger partial charge in [-0.3, -0.25) is 0 Å². The maximum atomic E-state index is 4.32. The fraction of sp³-hybridized carbons (Fsp3) is 0.400. The van der Waals surface area contributed by atoms with Crippen LogP contribution in [0, 0.1) is 0 Å². The molecule has 1 N–H and O–H groups in total. The van der Waals surface area contributed by atoms with Gasteiger partial charge in [-0.2, -0.15) is 5.10 Å². The third-order valence-corrected chi connectivity index (χ3v) is 3.90. The summed E-state index contributed by atoms with van der Waals surface area (Å²) < 4.78 is 1.91. The Hall–Kier alpha value is -1.81. The van der Waals surface area contributed by atoms with E-state index in [4.69, 9.17) is 0 Å². The smallest absolute Gasteiger partial charge is 0.0876 e. The molecule has 2 atom stereocenters. The number of nitrogens with one attached hydrogen (secondary N) is 1. The number of aromatic nitrogens is 2. The fourth-order valence-electron chi connectivity index (χ4n) is 2.73. The van der Waals surface area contributed by atoms with E-state index >= 15 is 0 Å². The molecule has 19 heavy (non-hydrogen) atoms. The van der Waals surface area contributed by atoms with Crippen LogP contribution in [0.15, 0.2) is 42.7 Å². The van der Waals surface area contributed by atoms with Gasteiger partial charge in [0.05, 0.1) is 11.4 Å². The van der Waals surface area contributed by atoms with Crippen molar-refractivity contribution in [3.63, 3.8) is 0 Å². The standard InChI is InChI=1S/C15H20N4/c1-12-10-13(11-18(12)2)17-14-6-3-4-7-15(14)19-9-5-8-16-19/h3-9,12-13,17H,10-11H2,1-2H3. The maximum absolute atomic E-state index is 4.32. The molecule has 1 saturated heterocycles. The summed E-state index contributed by atoms with van der Waals surface area (Å²) >= 11 is 0. The van der Waals surface area contributed by atoms with Gasteiger partial charge in [0.25, 0.3) is 0 Å². The normalized spacial score (nSPS) is 23.7. The molecular weight excluding hydrogens is 236 g/mol. The van der Waals surface area contributed by atoms with Crippen molar-refractivity contribution < 1.29 is 0 Å². The van der Waals surface area contributed by atoms with Crippen LogP contribution >= 0.6 is 0 Å². The lowest BCUT2D eigenvalue weighted by Gasteiger charge is -2.17. The van der Waals surface area contributed by atoms with Crippen molar-refractivity contribution in [2.24, 2.45) is 0 Å². The van der Waals surface area contributed by atoms with Gasteiger partial charge in [-0.1, -0.05) is 12.1 Å². The summed E-state index contributed by atoms with van der Waals surface area (Å²) in [5.74, 6) is 0. The monoisotopic (exact) mass is 256 g/mol. The summed E-state index contributed by atoms with van der Waals surface area (Å²) in [6, 6.07) is 11.4. The van der Waals surface area contributed by atoms with Crippen molar-refractivity contribution in [3.8, 4) is 5.69 Å². The van der Waals surface area contributed by atoms with E-state index in [1.54, 1.807) is 0 Å². The van der Waals surface area contributed by atoms with Gasteiger partial charge in [-0.15, -0.1) is 0 Å². The van der Waals surface area contributed by atoms with Crippen LogP contribution < -0.4 is 5.32 Å². The highest BCUT2D eigenvalue weighted by molar-refractivity contribution is 5.61. The van der Waals surface area contributed by atoms with Crippen LogP contribution in [0.2, 0.25) is 0 Å². The van der Waals surface area contributed by atoms with E-state index in [2.05, 4.69) is 47.5 Å². The Morgan fingerprint density at radius 1 is 1.26 bits per heavy atom. The molecule has 0 radical (unpaired) electrons. The average Bonchev–Trinajstić information content (AvgIpc) is 3.02. The SMILES string of the molecule is CC1CC(Nc2ccccc2-n2cccn2)CN1C. The average molecular weight is 256 g/mol. The Balaban J connectivity index is 1.82. The third-order valence-electron chi connectivity index (χ3n) is 3.90. The highest BCUT2D eigenvalue weighted by Crippen LogP contribution is 2.24. The van der Waals surface area contributed by atoms with Gasteiger partial charge < -0.3 is 10.2 Å². The van der Waals surface area contributed by atoms with Crippen LogP contribution in [0.1, 0.15) is 13.3 Å². The first-order valence-electron chi connectivity index (χ1n) is 6.80. The Morgan fingerprint density at radius 3 is 2.79 bits per heavy atom. The molecule has 1 aliphatic heterocycles. The van der Waals surface area contributed by atoms with Crippen LogP contribution in [0.3, 0.4) is 0 Å². The van der Waals surface area contributed by atoms with Gasteiger partial charge in [0, 0.05) is 31.0 Å². The van der Waals surface area contributed by atoms with Crippen LogP contribution in [-0.4, -0.2) is 40.4 Å². The molecule has 2 heterocycles. The number of para-hydroxylation sites is 2. The molecular formula is C15H20N4. The zero-order chi connectivity index (χ0) is 13.2. The highest BCUT2D eigenvalue weighted by Gasteiger charge is 2.26. The molecule has 0 bridgehead atoms. The van der Waals surface area contributed by atoms with Gasteiger partial charge in [0.15, 0.2) is 0 Å². The minimum atomic E-state index is 0.511. The number of hydrogen-bond acceptors (Lipinski definition) is 3. The Bertz CT molecular complexity index is 525.